The van der Waals surface area contributed by atoms with Crippen LogP contribution in [0.5, 0.6) is 5.75 Å². The van der Waals surface area contributed by atoms with Crippen LogP contribution in [0.4, 0.5) is 0 Å². The van der Waals surface area contributed by atoms with Gasteiger partial charge in [-0.2, -0.15) is 0 Å². The van der Waals surface area contributed by atoms with Gasteiger partial charge in [-0.15, -0.1) is 0 Å². The Bertz CT molecular complexity index is 1230. The summed E-state index contributed by atoms with van der Waals surface area (Å²) in [5.41, 5.74) is 3.83. The van der Waals surface area contributed by atoms with Gasteiger partial charge in [-0.1, -0.05) is 29.8 Å². The van der Waals surface area contributed by atoms with Crippen LogP contribution in [0.3, 0.4) is 0 Å². The van der Waals surface area contributed by atoms with Crippen LogP contribution in [-0.2, 0) is 13.0 Å². The lowest BCUT2D eigenvalue weighted by Gasteiger charge is -2.16. The van der Waals surface area contributed by atoms with Crippen molar-refractivity contribution >= 4 is 22.5 Å². The third kappa shape index (κ3) is 4.58. The molecule has 4 rings (SSSR count). The maximum atomic E-state index is 11.4. The molecule has 2 heterocycles. The van der Waals surface area contributed by atoms with Crippen LogP contribution in [-0.4, -0.2) is 27.4 Å². The minimum Gasteiger partial charge on any atom is -0.491 e. The van der Waals surface area contributed by atoms with Crippen molar-refractivity contribution in [3.05, 3.63) is 99.1 Å². The molecule has 0 fully saturated rings. The lowest BCUT2D eigenvalue weighted by Crippen LogP contribution is -2.22. The standard InChI is InChI=1S/C24H23ClN2O3/c1-16-10-11-27(14-18-4-2-3-5-21(18)25)23(16)13-19(28)15-30-20-7-8-22-17(12-20)6-9-24(29)26-22/h2-12,19,28H,13-15H2,1H3,(H,26,29). The van der Waals surface area contributed by atoms with E-state index >= 15 is 0 Å². The van der Waals surface area contributed by atoms with E-state index < -0.39 is 6.10 Å². The van der Waals surface area contributed by atoms with Crippen LogP contribution >= 0.6 is 11.6 Å². The molecule has 0 saturated heterocycles. The van der Waals surface area contributed by atoms with E-state index in [1.54, 1.807) is 18.2 Å². The van der Waals surface area contributed by atoms with Crippen LogP contribution in [0.1, 0.15) is 16.8 Å². The molecule has 6 heteroatoms. The zero-order valence-electron chi connectivity index (χ0n) is 16.6. The van der Waals surface area contributed by atoms with Crippen molar-refractivity contribution in [2.24, 2.45) is 0 Å². The number of rotatable bonds is 7. The fourth-order valence-corrected chi connectivity index (χ4v) is 3.74. The second-order valence-electron chi connectivity index (χ2n) is 7.41. The molecule has 1 unspecified atom stereocenters. The summed E-state index contributed by atoms with van der Waals surface area (Å²) in [6, 6.07) is 18.5. The topological polar surface area (TPSA) is 67.2 Å². The number of aryl methyl sites for hydroxylation is 1. The molecule has 5 nitrogen and oxygen atoms in total. The fourth-order valence-electron chi connectivity index (χ4n) is 3.55. The van der Waals surface area contributed by atoms with Crippen molar-refractivity contribution < 1.29 is 9.84 Å². The third-order valence-corrected chi connectivity index (χ3v) is 5.54. The fraction of sp³-hybridized carbons (Fsp3) is 0.208. The molecule has 0 amide bonds. The van der Waals surface area contributed by atoms with Crippen LogP contribution in [0.15, 0.2) is 71.7 Å². The third-order valence-electron chi connectivity index (χ3n) is 5.17. The average molecular weight is 423 g/mol. The van der Waals surface area contributed by atoms with Crippen LogP contribution < -0.4 is 10.3 Å². The Hall–Kier alpha value is -3.02. The van der Waals surface area contributed by atoms with Crippen molar-refractivity contribution in [3.63, 3.8) is 0 Å². The second-order valence-corrected chi connectivity index (χ2v) is 7.81. The van der Waals surface area contributed by atoms with Crippen molar-refractivity contribution in [1.82, 2.24) is 9.55 Å². The molecule has 2 aromatic carbocycles. The molecule has 0 aliphatic carbocycles. The summed E-state index contributed by atoms with van der Waals surface area (Å²) in [7, 11) is 0. The summed E-state index contributed by atoms with van der Waals surface area (Å²) >= 11 is 6.30. The summed E-state index contributed by atoms with van der Waals surface area (Å²) < 4.78 is 7.92. The molecule has 0 aliphatic heterocycles. The van der Waals surface area contributed by atoms with E-state index in [9.17, 15) is 9.90 Å². The zero-order chi connectivity index (χ0) is 21.1. The first-order chi connectivity index (χ1) is 14.5. The molecule has 2 aromatic heterocycles. The quantitative estimate of drug-likeness (QED) is 0.466. The number of aromatic amines is 1. The summed E-state index contributed by atoms with van der Waals surface area (Å²) in [5, 5.41) is 12.2. The number of nitrogens with one attached hydrogen (secondary N) is 1. The molecule has 0 saturated carbocycles. The van der Waals surface area contributed by atoms with Gasteiger partial charge in [0.15, 0.2) is 0 Å². The largest absolute Gasteiger partial charge is 0.491 e. The number of hydrogen-bond acceptors (Lipinski definition) is 3. The van der Waals surface area contributed by atoms with E-state index in [-0.39, 0.29) is 12.2 Å². The lowest BCUT2D eigenvalue weighted by atomic mass is 10.1. The Morgan fingerprint density at radius 1 is 1.13 bits per heavy atom. The summed E-state index contributed by atoms with van der Waals surface area (Å²) in [5.74, 6) is 0.650. The van der Waals surface area contributed by atoms with Crippen molar-refractivity contribution in [3.8, 4) is 5.75 Å². The number of fused-ring (bicyclic) bond motifs is 1. The van der Waals surface area contributed by atoms with Gasteiger partial charge in [-0.3, -0.25) is 4.79 Å². The molecule has 154 valence electrons. The second kappa shape index (κ2) is 8.78. The number of aliphatic hydroxyl groups is 1. The van der Waals surface area contributed by atoms with Crippen LogP contribution in [0.25, 0.3) is 10.9 Å². The maximum Gasteiger partial charge on any atom is 0.248 e. The maximum absolute atomic E-state index is 11.4. The minimum absolute atomic E-state index is 0.137. The predicted molar refractivity (Wildman–Crippen MR) is 119 cm³/mol. The zero-order valence-corrected chi connectivity index (χ0v) is 17.4. The van der Waals surface area contributed by atoms with E-state index in [1.807, 2.05) is 49.5 Å². The number of pyridine rings is 1. The first-order valence-corrected chi connectivity index (χ1v) is 10.2. The van der Waals surface area contributed by atoms with Crippen LogP contribution in [0, 0.1) is 6.92 Å². The Labute approximate surface area is 179 Å². The highest BCUT2D eigenvalue weighted by Gasteiger charge is 2.14. The first-order valence-electron chi connectivity index (χ1n) is 9.81. The molecular weight excluding hydrogens is 400 g/mol. The molecule has 0 spiro atoms. The molecule has 0 aliphatic rings. The SMILES string of the molecule is Cc1ccn(Cc2ccccc2Cl)c1CC(O)COc1ccc2[nH]c(=O)ccc2c1. The molecule has 0 radical (unpaired) electrons. The number of nitrogens with zero attached hydrogens (tertiary/aromatic N) is 1. The molecule has 2 N–H and O–H groups in total. The summed E-state index contributed by atoms with van der Waals surface area (Å²) in [4.78, 5) is 14.2. The Morgan fingerprint density at radius 3 is 2.80 bits per heavy atom. The summed E-state index contributed by atoms with van der Waals surface area (Å²) in [6.45, 7) is 2.86. The van der Waals surface area contributed by atoms with E-state index in [4.69, 9.17) is 16.3 Å². The van der Waals surface area contributed by atoms with Gasteiger partial charge in [0.1, 0.15) is 12.4 Å². The number of hydrogen-bond donors (Lipinski definition) is 2. The minimum atomic E-state index is -0.658. The molecule has 30 heavy (non-hydrogen) atoms. The lowest BCUT2D eigenvalue weighted by molar-refractivity contribution is 0.106. The molecular formula is C24H23ClN2O3. The van der Waals surface area contributed by atoms with Gasteiger partial charge in [0, 0.05) is 46.8 Å². The highest BCUT2D eigenvalue weighted by Crippen LogP contribution is 2.21. The Kier molecular flexibility index (Phi) is 5.93. The Balaban J connectivity index is 1.42. The highest BCUT2D eigenvalue weighted by molar-refractivity contribution is 6.31. The predicted octanol–water partition coefficient (Wildman–Crippen LogP) is 4.32. The smallest absolute Gasteiger partial charge is 0.248 e. The molecule has 4 aromatic rings. The summed E-state index contributed by atoms with van der Waals surface area (Å²) in [6.07, 6.45) is 1.84. The highest BCUT2D eigenvalue weighted by atomic mass is 35.5. The molecule has 1 atom stereocenters. The van der Waals surface area contributed by atoms with Gasteiger partial charge in [-0.05, 0) is 54.4 Å². The average Bonchev–Trinajstić information content (AvgIpc) is 3.07. The van der Waals surface area contributed by atoms with E-state index in [2.05, 4.69) is 9.55 Å². The van der Waals surface area contributed by atoms with Gasteiger partial charge in [0.25, 0.3) is 0 Å². The number of H-pyrrole nitrogens is 1. The monoisotopic (exact) mass is 422 g/mol. The number of ether oxygens (including phenoxy) is 1. The number of halogens is 1. The van der Waals surface area contributed by atoms with E-state index in [0.29, 0.717) is 18.7 Å². The van der Waals surface area contributed by atoms with Crippen molar-refractivity contribution in [2.45, 2.75) is 26.0 Å². The van der Waals surface area contributed by atoms with Gasteiger partial charge in [-0.25, -0.2) is 0 Å². The first kappa shape index (κ1) is 20.3. The number of aromatic nitrogens is 2. The van der Waals surface area contributed by atoms with Gasteiger partial charge < -0.3 is 19.4 Å². The van der Waals surface area contributed by atoms with Crippen molar-refractivity contribution in [1.29, 1.82) is 0 Å². The van der Waals surface area contributed by atoms with E-state index in [0.717, 1.165) is 32.7 Å². The number of aliphatic hydroxyl groups excluding tert-OH is 1. The normalized spacial score (nSPS) is 12.2. The molecule has 0 bridgehead atoms. The van der Waals surface area contributed by atoms with Crippen molar-refractivity contribution in [2.75, 3.05) is 6.61 Å². The van der Waals surface area contributed by atoms with Gasteiger partial charge in [0.2, 0.25) is 5.56 Å². The number of benzene rings is 2. The van der Waals surface area contributed by atoms with Gasteiger partial charge in [0.05, 0.1) is 6.10 Å². The van der Waals surface area contributed by atoms with E-state index in [1.165, 1.54) is 6.07 Å². The van der Waals surface area contributed by atoms with Gasteiger partial charge >= 0.3 is 0 Å². The van der Waals surface area contributed by atoms with Crippen LogP contribution in [0.2, 0.25) is 5.02 Å². The Morgan fingerprint density at radius 2 is 1.97 bits per heavy atom.